The highest BCUT2D eigenvalue weighted by atomic mass is 19.4. The molecule has 0 aliphatic carbocycles. The first-order valence-electron chi connectivity index (χ1n) is 8.47. The lowest BCUT2D eigenvalue weighted by Gasteiger charge is -2.12. The van der Waals surface area contributed by atoms with Gasteiger partial charge in [0.05, 0.1) is 5.56 Å². The largest absolute Gasteiger partial charge is 0.416 e. The Labute approximate surface area is 162 Å². The minimum absolute atomic E-state index is 0.0527. The summed E-state index contributed by atoms with van der Waals surface area (Å²) in [4.78, 5) is 24.6. The minimum Gasteiger partial charge on any atom is -0.346 e. The van der Waals surface area contributed by atoms with Crippen molar-refractivity contribution < 1.29 is 22.4 Å². The highest BCUT2D eigenvalue weighted by Crippen LogP contribution is 2.29. The highest BCUT2D eigenvalue weighted by Gasteiger charge is 2.30. The molecule has 0 radical (unpaired) electrons. The summed E-state index contributed by atoms with van der Waals surface area (Å²) in [5.74, 6) is -1.47. The number of para-hydroxylation sites is 1. The number of nitrogens with one attached hydrogen (secondary N) is 1. The highest BCUT2D eigenvalue weighted by molar-refractivity contribution is 5.92. The van der Waals surface area contributed by atoms with Gasteiger partial charge in [-0.3, -0.25) is 9.59 Å². The van der Waals surface area contributed by atoms with E-state index in [1.54, 1.807) is 6.07 Å². The molecule has 1 N–H and O–H groups in total. The molecule has 0 saturated heterocycles. The third-order valence-corrected chi connectivity index (χ3v) is 4.11. The Kier molecular flexibility index (Phi) is 5.49. The molecule has 0 spiro atoms. The molecule has 0 bridgehead atoms. The topological polar surface area (TPSA) is 64.0 Å². The summed E-state index contributed by atoms with van der Waals surface area (Å²) in [6.45, 7) is 1.29. The van der Waals surface area contributed by atoms with Crippen LogP contribution in [0.3, 0.4) is 0 Å². The van der Waals surface area contributed by atoms with E-state index < -0.39 is 34.6 Å². The molecule has 1 heterocycles. The third-order valence-electron chi connectivity index (χ3n) is 4.11. The number of aromatic nitrogens is 2. The molecule has 0 aliphatic rings. The number of halogens is 4. The van der Waals surface area contributed by atoms with E-state index in [1.807, 2.05) is 0 Å². The van der Waals surface area contributed by atoms with Crippen LogP contribution < -0.4 is 10.7 Å². The first-order chi connectivity index (χ1) is 13.7. The second-order valence-electron chi connectivity index (χ2n) is 6.24. The molecule has 29 heavy (non-hydrogen) atoms. The van der Waals surface area contributed by atoms with E-state index in [4.69, 9.17) is 0 Å². The van der Waals surface area contributed by atoms with Gasteiger partial charge >= 0.3 is 6.18 Å². The molecule has 1 amide bonds. The average Bonchev–Trinajstić information content (AvgIpc) is 2.67. The monoisotopic (exact) mass is 405 g/mol. The molecule has 3 aromatic rings. The maximum Gasteiger partial charge on any atom is 0.416 e. The molecular weight excluding hydrogens is 390 g/mol. The van der Waals surface area contributed by atoms with Crippen LogP contribution in [0.2, 0.25) is 0 Å². The Morgan fingerprint density at radius 1 is 1.10 bits per heavy atom. The van der Waals surface area contributed by atoms with Crippen molar-refractivity contribution in [3.05, 3.63) is 93.2 Å². The number of carbonyl (C=O) groups excluding carboxylic acids is 1. The Balaban J connectivity index is 1.86. The zero-order valence-corrected chi connectivity index (χ0v) is 15.1. The van der Waals surface area contributed by atoms with E-state index in [0.29, 0.717) is 5.69 Å². The van der Waals surface area contributed by atoms with Crippen molar-refractivity contribution in [2.24, 2.45) is 0 Å². The third kappa shape index (κ3) is 4.50. The standard InChI is InChI=1S/C20H15F4N3O2/c1-12-9-17(28)18(26-27(12)16-8-3-2-7-15(16)21)19(29)25-11-13-5-4-6-14(10-13)20(22,23)24/h2-10H,11H2,1H3,(H,25,29). The van der Waals surface area contributed by atoms with Gasteiger partial charge in [0.1, 0.15) is 11.5 Å². The number of alkyl halides is 3. The fourth-order valence-corrected chi connectivity index (χ4v) is 2.70. The lowest BCUT2D eigenvalue weighted by Crippen LogP contribution is -2.31. The number of benzene rings is 2. The maximum absolute atomic E-state index is 14.1. The van der Waals surface area contributed by atoms with Gasteiger partial charge in [-0.25, -0.2) is 9.07 Å². The molecular formula is C20H15F4N3O2. The van der Waals surface area contributed by atoms with Crippen molar-refractivity contribution in [1.82, 2.24) is 15.1 Å². The molecule has 3 rings (SSSR count). The van der Waals surface area contributed by atoms with Crippen LogP contribution in [0.15, 0.2) is 59.4 Å². The van der Waals surface area contributed by atoms with Gasteiger partial charge in [-0.2, -0.15) is 18.3 Å². The normalized spacial score (nSPS) is 11.3. The number of nitrogens with zero attached hydrogens (tertiary/aromatic N) is 2. The van der Waals surface area contributed by atoms with E-state index in [9.17, 15) is 27.2 Å². The van der Waals surface area contributed by atoms with Gasteiger partial charge < -0.3 is 5.32 Å². The van der Waals surface area contributed by atoms with E-state index in [-0.39, 0.29) is 17.8 Å². The molecule has 5 nitrogen and oxygen atoms in total. The van der Waals surface area contributed by atoms with Crippen LogP contribution in [-0.4, -0.2) is 15.7 Å². The molecule has 0 unspecified atom stereocenters. The Bertz CT molecular complexity index is 1120. The van der Waals surface area contributed by atoms with Crippen molar-refractivity contribution in [3.8, 4) is 5.69 Å². The number of hydrogen-bond acceptors (Lipinski definition) is 3. The molecule has 0 saturated carbocycles. The van der Waals surface area contributed by atoms with Crippen molar-refractivity contribution in [2.75, 3.05) is 0 Å². The Hall–Kier alpha value is -3.49. The number of carbonyl (C=O) groups is 1. The number of aryl methyl sites for hydroxylation is 1. The predicted molar refractivity (Wildman–Crippen MR) is 97.1 cm³/mol. The molecule has 9 heteroatoms. The summed E-state index contributed by atoms with van der Waals surface area (Å²) in [7, 11) is 0. The summed E-state index contributed by atoms with van der Waals surface area (Å²) in [6, 6.07) is 11.3. The number of rotatable bonds is 4. The van der Waals surface area contributed by atoms with Crippen molar-refractivity contribution in [2.45, 2.75) is 19.6 Å². The summed E-state index contributed by atoms with van der Waals surface area (Å²) >= 11 is 0. The van der Waals surface area contributed by atoms with E-state index in [1.165, 1.54) is 37.3 Å². The molecule has 0 fully saturated rings. The average molecular weight is 405 g/mol. The van der Waals surface area contributed by atoms with Crippen molar-refractivity contribution >= 4 is 5.91 Å². The SMILES string of the molecule is Cc1cc(=O)c(C(=O)NCc2cccc(C(F)(F)F)c2)nn1-c1ccccc1F. The Morgan fingerprint density at radius 3 is 2.52 bits per heavy atom. The smallest absolute Gasteiger partial charge is 0.346 e. The lowest BCUT2D eigenvalue weighted by molar-refractivity contribution is -0.137. The van der Waals surface area contributed by atoms with Crippen LogP contribution in [-0.2, 0) is 12.7 Å². The van der Waals surface area contributed by atoms with Crippen LogP contribution in [0, 0.1) is 12.7 Å². The molecule has 150 valence electrons. The maximum atomic E-state index is 14.1. The van der Waals surface area contributed by atoms with E-state index in [2.05, 4.69) is 10.4 Å². The summed E-state index contributed by atoms with van der Waals surface area (Å²) in [6.07, 6.45) is -4.51. The molecule has 0 atom stereocenters. The molecule has 1 aromatic heterocycles. The summed E-state index contributed by atoms with van der Waals surface area (Å²) < 4.78 is 53.5. The zero-order chi connectivity index (χ0) is 21.2. The van der Waals surface area contributed by atoms with Gasteiger partial charge in [-0.1, -0.05) is 24.3 Å². The van der Waals surface area contributed by atoms with Crippen LogP contribution >= 0.6 is 0 Å². The molecule has 0 aliphatic heterocycles. The Morgan fingerprint density at radius 2 is 1.83 bits per heavy atom. The zero-order valence-electron chi connectivity index (χ0n) is 15.1. The summed E-state index contributed by atoms with van der Waals surface area (Å²) in [5.41, 5.74) is -1.46. The second-order valence-corrected chi connectivity index (χ2v) is 6.24. The van der Waals surface area contributed by atoms with Crippen LogP contribution in [0.1, 0.15) is 27.3 Å². The minimum atomic E-state index is -4.51. The van der Waals surface area contributed by atoms with Gasteiger partial charge in [0.2, 0.25) is 5.43 Å². The summed E-state index contributed by atoms with van der Waals surface area (Å²) in [5, 5.41) is 6.32. The van der Waals surface area contributed by atoms with Crippen LogP contribution in [0.4, 0.5) is 17.6 Å². The number of amides is 1. The van der Waals surface area contributed by atoms with Crippen LogP contribution in [0.5, 0.6) is 0 Å². The number of hydrogen-bond donors (Lipinski definition) is 1. The molecule has 2 aromatic carbocycles. The van der Waals surface area contributed by atoms with E-state index >= 15 is 0 Å². The predicted octanol–water partition coefficient (Wildman–Crippen LogP) is 3.63. The van der Waals surface area contributed by atoms with Crippen molar-refractivity contribution in [3.63, 3.8) is 0 Å². The van der Waals surface area contributed by atoms with Gasteiger partial charge in [0.15, 0.2) is 5.69 Å². The quantitative estimate of drug-likeness (QED) is 0.675. The van der Waals surface area contributed by atoms with Gasteiger partial charge in [0, 0.05) is 18.3 Å². The van der Waals surface area contributed by atoms with Gasteiger partial charge in [-0.05, 0) is 36.8 Å². The second kappa shape index (κ2) is 7.86. The van der Waals surface area contributed by atoms with Gasteiger partial charge in [-0.15, -0.1) is 0 Å². The van der Waals surface area contributed by atoms with Crippen LogP contribution in [0.25, 0.3) is 5.69 Å². The first-order valence-corrected chi connectivity index (χ1v) is 8.47. The van der Waals surface area contributed by atoms with Crippen molar-refractivity contribution in [1.29, 1.82) is 0 Å². The lowest BCUT2D eigenvalue weighted by atomic mass is 10.1. The van der Waals surface area contributed by atoms with Gasteiger partial charge in [0.25, 0.3) is 5.91 Å². The fraction of sp³-hybridized carbons (Fsp3) is 0.150. The fourth-order valence-electron chi connectivity index (χ4n) is 2.70. The van der Waals surface area contributed by atoms with E-state index in [0.717, 1.165) is 22.9 Å². The first kappa shape index (κ1) is 20.2.